The van der Waals surface area contributed by atoms with Crippen LogP contribution in [0.15, 0.2) is 60.9 Å². The molecule has 0 unspecified atom stereocenters. The lowest BCUT2D eigenvalue weighted by Gasteiger charge is -2.27. The number of carboxylic acid groups (broad SMARTS) is 1. The van der Waals surface area contributed by atoms with Crippen LogP contribution in [0.4, 0.5) is 11.6 Å². The van der Waals surface area contributed by atoms with Crippen LogP contribution in [0.3, 0.4) is 0 Å². The molecule has 1 saturated carbocycles. The van der Waals surface area contributed by atoms with E-state index in [2.05, 4.69) is 32.7 Å². The molecule has 7 nitrogen and oxygen atoms in total. The van der Waals surface area contributed by atoms with Crippen LogP contribution in [0.25, 0.3) is 11.1 Å². The minimum Gasteiger partial charge on any atom is -0.497 e. The number of anilines is 2. The number of aliphatic carboxylic acids is 1. The summed E-state index contributed by atoms with van der Waals surface area (Å²) in [5, 5.41) is 15.9. The van der Waals surface area contributed by atoms with Crippen molar-refractivity contribution in [1.82, 2.24) is 15.3 Å². The highest BCUT2D eigenvalue weighted by Gasteiger charge is 2.25. The molecule has 0 radical (unpaired) electrons. The Bertz CT molecular complexity index is 1030. The van der Waals surface area contributed by atoms with E-state index in [1.54, 1.807) is 19.5 Å². The fourth-order valence-corrected chi connectivity index (χ4v) is 4.17. The molecule has 1 aliphatic carbocycles. The average molecular weight is 447 g/mol. The fourth-order valence-electron chi connectivity index (χ4n) is 4.17. The molecule has 0 amide bonds. The summed E-state index contributed by atoms with van der Waals surface area (Å²) in [6.07, 6.45) is 7.98. The number of hydrogen-bond acceptors (Lipinski definition) is 6. The number of methoxy groups -OCH3 is 1. The quantitative estimate of drug-likeness (QED) is 0.439. The lowest BCUT2D eigenvalue weighted by Crippen LogP contribution is -2.36. The van der Waals surface area contributed by atoms with E-state index in [1.807, 2.05) is 36.4 Å². The van der Waals surface area contributed by atoms with Crippen LogP contribution in [0.2, 0.25) is 0 Å². The third kappa shape index (κ3) is 6.29. The number of benzene rings is 2. The van der Waals surface area contributed by atoms with Gasteiger partial charge in [0.15, 0.2) is 0 Å². The molecule has 1 fully saturated rings. The molecular formula is C26H30N4O3. The highest BCUT2D eigenvalue weighted by Crippen LogP contribution is 2.25. The van der Waals surface area contributed by atoms with Gasteiger partial charge in [0.2, 0.25) is 5.95 Å². The Kier molecular flexibility index (Phi) is 7.52. The van der Waals surface area contributed by atoms with Crippen LogP contribution in [0.1, 0.15) is 31.2 Å². The summed E-state index contributed by atoms with van der Waals surface area (Å²) in [5.41, 5.74) is 4.18. The van der Waals surface area contributed by atoms with Gasteiger partial charge in [0.1, 0.15) is 5.75 Å². The summed E-state index contributed by atoms with van der Waals surface area (Å²) in [4.78, 5) is 19.9. The minimum atomic E-state index is -0.652. The first kappa shape index (κ1) is 22.7. The molecular weight excluding hydrogens is 416 g/mol. The van der Waals surface area contributed by atoms with Crippen LogP contribution in [-0.4, -0.2) is 40.7 Å². The Hall–Kier alpha value is -3.45. The van der Waals surface area contributed by atoms with Crippen molar-refractivity contribution in [3.05, 3.63) is 66.5 Å². The maximum atomic E-state index is 11.1. The molecule has 0 atom stereocenters. The number of aromatic nitrogens is 2. The predicted molar refractivity (Wildman–Crippen MR) is 129 cm³/mol. The van der Waals surface area contributed by atoms with Crippen molar-refractivity contribution in [2.45, 2.75) is 38.1 Å². The van der Waals surface area contributed by atoms with Crippen molar-refractivity contribution in [2.24, 2.45) is 5.92 Å². The number of ether oxygens (including phenoxy) is 1. The second-order valence-corrected chi connectivity index (χ2v) is 8.44. The van der Waals surface area contributed by atoms with Gasteiger partial charge in [-0.3, -0.25) is 4.79 Å². The van der Waals surface area contributed by atoms with Gasteiger partial charge in [-0.25, -0.2) is 9.97 Å². The van der Waals surface area contributed by atoms with Crippen LogP contribution in [0, 0.1) is 5.92 Å². The minimum absolute atomic E-state index is 0.161. The standard InChI is InChI=1S/C26H30N4O3/c1-33-24-12-6-19(7-13-24)21-16-28-26(29-17-21)30-23-8-2-18(3-9-23)14-15-27-22-10-4-20(5-11-22)25(31)32/h2-3,6-9,12-13,16-17,20,22,27H,4-5,10-11,14-15H2,1H3,(H,31,32)(H,28,29,30)/t20-,22+. The van der Waals surface area contributed by atoms with Crippen LogP contribution >= 0.6 is 0 Å². The van der Waals surface area contributed by atoms with Crippen molar-refractivity contribution >= 4 is 17.6 Å². The van der Waals surface area contributed by atoms with E-state index in [0.29, 0.717) is 12.0 Å². The Morgan fingerprint density at radius 2 is 1.64 bits per heavy atom. The van der Waals surface area contributed by atoms with Gasteiger partial charge < -0.3 is 20.5 Å². The van der Waals surface area contributed by atoms with Gasteiger partial charge in [0.25, 0.3) is 0 Å². The van der Waals surface area contributed by atoms with Crippen LogP contribution in [-0.2, 0) is 11.2 Å². The van der Waals surface area contributed by atoms with E-state index in [-0.39, 0.29) is 5.92 Å². The van der Waals surface area contributed by atoms with Crippen molar-refractivity contribution in [2.75, 3.05) is 19.0 Å². The van der Waals surface area contributed by atoms with Crippen molar-refractivity contribution in [3.63, 3.8) is 0 Å². The fraction of sp³-hybridized carbons (Fsp3) is 0.346. The molecule has 0 spiro atoms. The van der Waals surface area contributed by atoms with Gasteiger partial charge in [-0.2, -0.15) is 0 Å². The molecule has 0 bridgehead atoms. The van der Waals surface area contributed by atoms with Crippen molar-refractivity contribution < 1.29 is 14.6 Å². The average Bonchev–Trinajstić information content (AvgIpc) is 2.86. The Morgan fingerprint density at radius 1 is 0.970 bits per heavy atom. The Balaban J connectivity index is 1.23. The van der Waals surface area contributed by atoms with Gasteiger partial charge >= 0.3 is 5.97 Å². The molecule has 172 valence electrons. The molecule has 4 rings (SSSR count). The molecule has 0 aliphatic heterocycles. The zero-order valence-corrected chi connectivity index (χ0v) is 18.8. The first-order valence-electron chi connectivity index (χ1n) is 11.4. The van der Waals surface area contributed by atoms with E-state index in [9.17, 15) is 4.79 Å². The monoisotopic (exact) mass is 446 g/mol. The highest BCUT2D eigenvalue weighted by atomic mass is 16.5. The Morgan fingerprint density at radius 3 is 2.24 bits per heavy atom. The SMILES string of the molecule is COc1ccc(-c2cnc(Nc3ccc(CCN[C@H]4CC[C@@H](C(=O)O)CC4)cc3)nc2)cc1. The number of nitrogens with zero attached hydrogens (tertiary/aromatic N) is 2. The largest absolute Gasteiger partial charge is 0.497 e. The molecule has 1 aliphatic rings. The summed E-state index contributed by atoms with van der Waals surface area (Å²) in [6.45, 7) is 0.894. The Labute approximate surface area is 194 Å². The third-order valence-electron chi connectivity index (χ3n) is 6.21. The zero-order chi connectivity index (χ0) is 23.0. The van der Waals surface area contributed by atoms with Gasteiger partial charge in [-0.1, -0.05) is 24.3 Å². The van der Waals surface area contributed by atoms with Gasteiger partial charge in [-0.15, -0.1) is 0 Å². The molecule has 33 heavy (non-hydrogen) atoms. The lowest BCUT2D eigenvalue weighted by molar-refractivity contribution is -0.142. The summed E-state index contributed by atoms with van der Waals surface area (Å²) < 4.78 is 5.20. The molecule has 1 aromatic heterocycles. The summed E-state index contributed by atoms with van der Waals surface area (Å²) in [6, 6.07) is 16.5. The summed E-state index contributed by atoms with van der Waals surface area (Å²) in [5.74, 6) is 0.560. The van der Waals surface area contributed by atoms with E-state index in [1.165, 1.54) is 5.56 Å². The first-order valence-corrected chi connectivity index (χ1v) is 11.4. The van der Waals surface area contributed by atoms with Crippen molar-refractivity contribution in [3.8, 4) is 16.9 Å². The molecule has 3 aromatic rings. The molecule has 0 saturated heterocycles. The van der Waals surface area contributed by atoms with Gasteiger partial charge in [-0.05, 0) is 74.0 Å². The number of rotatable bonds is 9. The molecule has 2 aromatic carbocycles. The maximum absolute atomic E-state index is 11.1. The smallest absolute Gasteiger partial charge is 0.306 e. The van der Waals surface area contributed by atoms with E-state index >= 15 is 0 Å². The maximum Gasteiger partial charge on any atom is 0.306 e. The second kappa shape index (κ2) is 10.9. The number of carbonyl (C=O) groups is 1. The summed E-state index contributed by atoms with van der Waals surface area (Å²) >= 11 is 0. The first-order chi connectivity index (χ1) is 16.1. The van der Waals surface area contributed by atoms with Crippen molar-refractivity contribution in [1.29, 1.82) is 0 Å². The highest BCUT2D eigenvalue weighted by molar-refractivity contribution is 5.70. The van der Waals surface area contributed by atoms with E-state index in [0.717, 1.165) is 61.2 Å². The predicted octanol–water partition coefficient (Wildman–Crippen LogP) is 4.67. The number of carboxylic acids is 1. The second-order valence-electron chi connectivity index (χ2n) is 8.44. The summed E-state index contributed by atoms with van der Waals surface area (Å²) in [7, 11) is 1.65. The van der Waals surface area contributed by atoms with Crippen LogP contribution in [0.5, 0.6) is 5.75 Å². The number of nitrogens with one attached hydrogen (secondary N) is 2. The number of hydrogen-bond donors (Lipinski definition) is 3. The zero-order valence-electron chi connectivity index (χ0n) is 18.8. The third-order valence-corrected chi connectivity index (χ3v) is 6.21. The molecule has 7 heteroatoms. The van der Waals surface area contributed by atoms with Gasteiger partial charge in [0, 0.05) is 29.7 Å². The van der Waals surface area contributed by atoms with E-state index in [4.69, 9.17) is 9.84 Å². The topological polar surface area (TPSA) is 96.4 Å². The lowest BCUT2D eigenvalue weighted by atomic mass is 9.86. The normalized spacial score (nSPS) is 18.0. The van der Waals surface area contributed by atoms with Gasteiger partial charge in [0.05, 0.1) is 13.0 Å². The molecule has 1 heterocycles. The van der Waals surface area contributed by atoms with E-state index < -0.39 is 5.97 Å². The molecule has 3 N–H and O–H groups in total. The van der Waals surface area contributed by atoms with Crippen LogP contribution < -0.4 is 15.4 Å².